The molecule has 1 heterocycles. The molecule has 1 unspecified atom stereocenters. The van der Waals surface area contributed by atoms with Crippen LogP contribution in [-0.4, -0.2) is 43.7 Å². The van der Waals surface area contributed by atoms with Crippen molar-refractivity contribution in [1.29, 1.82) is 0 Å². The molecule has 0 bridgehead atoms. The van der Waals surface area contributed by atoms with Crippen molar-refractivity contribution in [2.75, 3.05) is 32.8 Å². The van der Waals surface area contributed by atoms with E-state index in [-0.39, 0.29) is 11.8 Å². The average molecular weight is 451 g/mol. The zero-order chi connectivity index (χ0) is 21.3. The maximum atomic E-state index is 12.7. The minimum absolute atomic E-state index is 0.174. The molecule has 1 aliphatic rings. The number of hydrogen-bond donors (Lipinski definition) is 1. The van der Waals surface area contributed by atoms with E-state index in [4.69, 9.17) is 38.4 Å². The maximum Gasteiger partial charge on any atom is 0.227 e. The smallest absolute Gasteiger partial charge is 0.227 e. The Morgan fingerprint density at radius 3 is 2.23 bits per heavy atom. The lowest BCUT2D eigenvalue weighted by atomic mass is 9.97. The molecule has 3 rings (SSSR count). The van der Waals surface area contributed by atoms with E-state index in [0.717, 1.165) is 37.2 Å². The minimum atomic E-state index is -0.177. The minimum Gasteiger partial charge on any atom is -0.490 e. The summed E-state index contributed by atoms with van der Waals surface area (Å²) in [6.07, 6.45) is 4.01. The van der Waals surface area contributed by atoms with Gasteiger partial charge in [0.05, 0.1) is 16.0 Å². The highest BCUT2D eigenvalue weighted by molar-refractivity contribution is 6.37. The summed E-state index contributed by atoms with van der Waals surface area (Å²) in [5, 5.41) is 0.945. The lowest BCUT2D eigenvalue weighted by Gasteiger charge is -2.30. The molecule has 2 N–H and O–H groups in total. The van der Waals surface area contributed by atoms with Gasteiger partial charge in [-0.3, -0.25) is 4.79 Å². The van der Waals surface area contributed by atoms with E-state index in [0.29, 0.717) is 42.0 Å². The fraction of sp³-hybridized carbons (Fsp3) is 0.435. The first-order valence-electron chi connectivity index (χ1n) is 10.4. The molecule has 0 saturated carbocycles. The Morgan fingerprint density at radius 1 is 0.967 bits per heavy atom. The number of piperidine rings is 1. The van der Waals surface area contributed by atoms with Crippen LogP contribution >= 0.6 is 23.2 Å². The molecule has 7 heteroatoms. The Hall–Kier alpha value is -1.95. The highest BCUT2D eigenvalue weighted by Gasteiger charge is 2.24. The number of halogens is 2. The Labute approximate surface area is 188 Å². The summed E-state index contributed by atoms with van der Waals surface area (Å²) in [5.74, 6) is 1.20. The number of hydrogen-bond acceptors (Lipinski definition) is 4. The number of carbonyl (C=O) groups is 1. The Bertz CT molecular complexity index is 803. The van der Waals surface area contributed by atoms with E-state index in [1.54, 1.807) is 18.2 Å². The molecular formula is C23H28Cl2N2O3. The molecule has 30 heavy (non-hydrogen) atoms. The molecular weight excluding hydrogens is 423 g/mol. The quantitative estimate of drug-likeness (QED) is 0.567. The summed E-state index contributed by atoms with van der Waals surface area (Å²) < 4.78 is 11.3. The lowest BCUT2D eigenvalue weighted by Crippen LogP contribution is -2.42. The summed E-state index contributed by atoms with van der Waals surface area (Å²) in [6.45, 7) is 2.74. The fourth-order valence-electron chi connectivity index (χ4n) is 3.57. The van der Waals surface area contributed by atoms with Gasteiger partial charge in [-0.1, -0.05) is 41.4 Å². The van der Waals surface area contributed by atoms with E-state index in [9.17, 15) is 4.79 Å². The van der Waals surface area contributed by atoms with Crippen LogP contribution < -0.4 is 15.2 Å². The van der Waals surface area contributed by atoms with Gasteiger partial charge in [0.25, 0.3) is 0 Å². The molecule has 2 aromatic rings. The average Bonchev–Trinajstić information content (AvgIpc) is 2.77. The predicted octanol–water partition coefficient (Wildman–Crippen LogP) is 4.58. The SMILES string of the molecule is NCC(Cc1ccc(OCCOc2c(Cl)cccc2Cl)cc1)C(=O)N1CCCCC1. The topological polar surface area (TPSA) is 64.8 Å². The molecule has 0 spiro atoms. The lowest BCUT2D eigenvalue weighted by molar-refractivity contribution is -0.136. The number of nitrogens with two attached hydrogens (primary N) is 1. The number of likely N-dealkylation sites (tertiary alicyclic amines) is 1. The van der Waals surface area contributed by atoms with Crippen LogP contribution in [0.5, 0.6) is 11.5 Å². The number of para-hydroxylation sites is 1. The van der Waals surface area contributed by atoms with Crippen LogP contribution in [0.1, 0.15) is 24.8 Å². The summed E-state index contributed by atoms with van der Waals surface area (Å²) >= 11 is 12.2. The first-order valence-corrected chi connectivity index (χ1v) is 11.1. The van der Waals surface area contributed by atoms with Crippen molar-refractivity contribution in [3.05, 3.63) is 58.1 Å². The van der Waals surface area contributed by atoms with E-state index in [2.05, 4.69) is 0 Å². The molecule has 1 saturated heterocycles. The van der Waals surface area contributed by atoms with Crippen LogP contribution in [0.2, 0.25) is 10.0 Å². The van der Waals surface area contributed by atoms with Crippen molar-refractivity contribution >= 4 is 29.1 Å². The predicted molar refractivity (Wildman–Crippen MR) is 121 cm³/mol. The molecule has 1 amide bonds. The molecule has 1 fully saturated rings. The van der Waals surface area contributed by atoms with Gasteiger partial charge in [0.15, 0.2) is 5.75 Å². The van der Waals surface area contributed by atoms with Crippen molar-refractivity contribution in [3.8, 4) is 11.5 Å². The van der Waals surface area contributed by atoms with Crippen molar-refractivity contribution in [3.63, 3.8) is 0 Å². The zero-order valence-electron chi connectivity index (χ0n) is 17.0. The summed E-state index contributed by atoms with van der Waals surface area (Å²) in [6, 6.07) is 13.0. The second kappa shape index (κ2) is 11.4. The van der Waals surface area contributed by atoms with Gasteiger partial charge in [-0.15, -0.1) is 0 Å². The van der Waals surface area contributed by atoms with Crippen molar-refractivity contribution in [2.24, 2.45) is 11.7 Å². The molecule has 0 radical (unpaired) electrons. The van der Waals surface area contributed by atoms with E-state index < -0.39 is 0 Å². The van der Waals surface area contributed by atoms with Crippen LogP contribution in [-0.2, 0) is 11.2 Å². The van der Waals surface area contributed by atoms with Gasteiger partial charge >= 0.3 is 0 Å². The Morgan fingerprint density at radius 2 is 1.60 bits per heavy atom. The van der Waals surface area contributed by atoms with E-state index in [1.165, 1.54) is 6.42 Å². The van der Waals surface area contributed by atoms with E-state index >= 15 is 0 Å². The standard InChI is InChI=1S/C23H28Cl2N2O3/c24-20-5-4-6-21(25)22(20)30-14-13-29-19-9-7-17(8-10-19)15-18(16-26)23(28)27-11-2-1-3-12-27/h4-10,18H,1-3,11-16,26H2. The molecule has 0 aromatic heterocycles. The van der Waals surface area contributed by atoms with Crippen molar-refractivity contribution in [2.45, 2.75) is 25.7 Å². The number of nitrogens with zero attached hydrogens (tertiary/aromatic N) is 1. The molecule has 1 atom stereocenters. The van der Waals surface area contributed by atoms with Crippen LogP contribution in [0.25, 0.3) is 0 Å². The first-order chi connectivity index (χ1) is 14.6. The fourth-order valence-corrected chi connectivity index (χ4v) is 4.08. The third kappa shape index (κ3) is 6.27. The van der Waals surface area contributed by atoms with Gasteiger partial charge < -0.3 is 20.1 Å². The van der Waals surface area contributed by atoms with Gasteiger partial charge in [-0.2, -0.15) is 0 Å². The third-order valence-electron chi connectivity index (χ3n) is 5.22. The molecule has 2 aromatic carbocycles. The van der Waals surface area contributed by atoms with Gasteiger partial charge in [0, 0.05) is 19.6 Å². The van der Waals surface area contributed by atoms with Crippen molar-refractivity contribution < 1.29 is 14.3 Å². The van der Waals surface area contributed by atoms with Crippen LogP contribution in [0.15, 0.2) is 42.5 Å². The van der Waals surface area contributed by atoms with E-state index in [1.807, 2.05) is 29.2 Å². The second-order valence-electron chi connectivity index (χ2n) is 7.41. The van der Waals surface area contributed by atoms with Gasteiger partial charge in [0.2, 0.25) is 5.91 Å². The number of carbonyl (C=O) groups excluding carboxylic acids is 1. The number of benzene rings is 2. The summed E-state index contributed by atoms with van der Waals surface area (Å²) in [4.78, 5) is 14.7. The number of ether oxygens (including phenoxy) is 2. The summed E-state index contributed by atoms with van der Waals surface area (Å²) in [7, 11) is 0. The number of rotatable bonds is 9. The number of amides is 1. The van der Waals surface area contributed by atoms with Crippen molar-refractivity contribution in [1.82, 2.24) is 4.90 Å². The van der Waals surface area contributed by atoms with Gasteiger partial charge in [-0.25, -0.2) is 0 Å². The van der Waals surface area contributed by atoms with Gasteiger partial charge in [0.1, 0.15) is 19.0 Å². The molecule has 0 aliphatic carbocycles. The Kier molecular flexibility index (Phi) is 8.67. The second-order valence-corrected chi connectivity index (χ2v) is 8.23. The maximum absolute atomic E-state index is 12.7. The third-order valence-corrected chi connectivity index (χ3v) is 5.82. The molecule has 1 aliphatic heterocycles. The Balaban J connectivity index is 1.46. The molecule has 162 valence electrons. The first kappa shape index (κ1) is 22.7. The van der Waals surface area contributed by atoms with Gasteiger partial charge in [-0.05, 0) is 55.5 Å². The largest absolute Gasteiger partial charge is 0.490 e. The molecule has 5 nitrogen and oxygen atoms in total. The monoisotopic (exact) mass is 450 g/mol. The van der Waals surface area contributed by atoms with Crippen LogP contribution in [0, 0.1) is 5.92 Å². The highest BCUT2D eigenvalue weighted by Crippen LogP contribution is 2.32. The van der Waals surface area contributed by atoms with Crippen LogP contribution in [0.4, 0.5) is 0 Å². The summed E-state index contributed by atoms with van der Waals surface area (Å²) in [5.41, 5.74) is 6.97. The zero-order valence-corrected chi connectivity index (χ0v) is 18.5. The normalized spacial score (nSPS) is 15.0. The highest BCUT2D eigenvalue weighted by atomic mass is 35.5. The van der Waals surface area contributed by atoms with Crippen LogP contribution in [0.3, 0.4) is 0 Å².